The van der Waals surface area contributed by atoms with Crippen LogP contribution in [-0.2, 0) is 0 Å². The van der Waals surface area contributed by atoms with Crippen molar-refractivity contribution in [3.8, 4) is 5.75 Å². The first kappa shape index (κ1) is 13.4. The number of aromatic hydroxyl groups is 1. The number of phenols is 1. The lowest BCUT2D eigenvalue weighted by Gasteiger charge is -2.22. The van der Waals surface area contributed by atoms with E-state index in [-0.39, 0.29) is 0 Å². The monoisotopic (exact) mass is 285 g/mol. The molecule has 0 spiro atoms. The van der Waals surface area contributed by atoms with Gasteiger partial charge in [-0.25, -0.2) is 0 Å². The van der Waals surface area contributed by atoms with Crippen LogP contribution < -0.4 is 4.90 Å². The second kappa shape index (κ2) is 6.14. The summed E-state index contributed by atoms with van der Waals surface area (Å²) in [7, 11) is 0. The highest BCUT2D eigenvalue weighted by atomic mass is 79.9. The molecule has 0 amide bonds. The lowest BCUT2D eigenvalue weighted by Crippen LogP contribution is -2.21. The highest BCUT2D eigenvalue weighted by Gasteiger charge is 2.11. The van der Waals surface area contributed by atoms with Crippen LogP contribution in [0.5, 0.6) is 5.75 Å². The largest absolute Gasteiger partial charge is 0.508 e. The van der Waals surface area contributed by atoms with Crippen LogP contribution in [0.4, 0.5) is 5.69 Å². The average molecular weight is 286 g/mol. The number of halogens is 1. The Hall–Kier alpha value is -0.700. The Morgan fingerprint density at radius 3 is 2.38 bits per heavy atom. The molecule has 0 heterocycles. The van der Waals surface area contributed by atoms with Gasteiger partial charge in [-0.05, 0) is 31.4 Å². The summed E-state index contributed by atoms with van der Waals surface area (Å²) in [6, 6.07) is 5.97. The molecular weight excluding hydrogens is 266 g/mol. The van der Waals surface area contributed by atoms with Gasteiger partial charge in [0.25, 0.3) is 0 Å². The van der Waals surface area contributed by atoms with Gasteiger partial charge in [0, 0.05) is 30.2 Å². The first-order valence-corrected chi connectivity index (χ1v) is 6.89. The van der Waals surface area contributed by atoms with Crippen LogP contribution in [0.1, 0.15) is 32.3 Å². The van der Waals surface area contributed by atoms with E-state index in [1.807, 2.05) is 12.1 Å². The molecule has 0 aliphatic carbocycles. The minimum absolute atomic E-state index is 0.339. The molecule has 0 radical (unpaired) electrons. The van der Waals surface area contributed by atoms with E-state index in [1.54, 1.807) is 0 Å². The van der Waals surface area contributed by atoms with Crippen molar-refractivity contribution in [3.05, 3.63) is 23.8 Å². The lowest BCUT2D eigenvalue weighted by atomic mass is 10.0. The smallest absolute Gasteiger partial charge is 0.121 e. The van der Waals surface area contributed by atoms with Crippen molar-refractivity contribution < 1.29 is 5.11 Å². The van der Waals surface area contributed by atoms with Gasteiger partial charge in [-0.2, -0.15) is 0 Å². The van der Waals surface area contributed by atoms with E-state index in [9.17, 15) is 5.11 Å². The summed E-state index contributed by atoms with van der Waals surface area (Å²) in [5.41, 5.74) is 2.10. The standard InChI is InChI=1S/C13H20BrNO/c1-4-15(5-2)11-6-7-12(10(3)9-14)13(16)8-11/h6-8,10,16H,4-5,9H2,1-3H3. The first-order chi connectivity index (χ1) is 7.63. The third-order valence-corrected chi connectivity index (χ3v) is 3.88. The SMILES string of the molecule is CCN(CC)c1ccc(C(C)CBr)c(O)c1. The summed E-state index contributed by atoms with van der Waals surface area (Å²) in [4.78, 5) is 2.22. The molecule has 1 N–H and O–H groups in total. The molecule has 0 saturated carbocycles. The zero-order valence-electron chi connectivity index (χ0n) is 10.2. The maximum atomic E-state index is 9.99. The zero-order valence-corrected chi connectivity index (χ0v) is 11.8. The van der Waals surface area contributed by atoms with Crippen LogP contribution in [0, 0.1) is 0 Å². The van der Waals surface area contributed by atoms with Crippen LogP contribution in [-0.4, -0.2) is 23.5 Å². The van der Waals surface area contributed by atoms with Crippen LogP contribution >= 0.6 is 15.9 Å². The fraction of sp³-hybridized carbons (Fsp3) is 0.538. The van der Waals surface area contributed by atoms with Crippen molar-refractivity contribution in [3.63, 3.8) is 0 Å². The van der Waals surface area contributed by atoms with E-state index in [2.05, 4.69) is 47.7 Å². The van der Waals surface area contributed by atoms with Gasteiger partial charge in [0.2, 0.25) is 0 Å². The molecule has 16 heavy (non-hydrogen) atoms. The molecule has 0 aliphatic heterocycles. The van der Waals surface area contributed by atoms with E-state index in [0.717, 1.165) is 29.7 Å². The van der Waals surface area contributed by atoms with Gasteiger partial charge in [0.15, 0.2) is 0 Å². The fourth-order valence-corrected chi connectivity index (χ4v) is 2.17. The van der Waals surface area contributed by atoms with E-state index in [0.29, 0.717) is 11.7 Å². The lowest BCUT2D eigenvalue weighted by molar-refractivity contribution is 0.465. The summed E-state index contributed by atoms with van der Waals surface area (Å²) >= 11 is 3.44. The number of hydrogen-bond acceptors (Lipinski definition) is 2. The minimum atomic E-state index is 0.339. The quantitative estimate of drug-likeness (QED) is 0.834. The van der Waals surface area contributed by atoms with Gasteiger partial charge in [-0.3, -0.25) is 0 Å². The summed E-state index contributed by atoms with van der Waals surface area (Å²) in [5, 5.41) is 10.9. The fourth-order valence-electron chi connectivity index (χ4n) is 1.82. The molecule has 1 rings (SSSR count). The summed E-state index contributed by atoms with van der Waals surface area (Å²) in [5.74, 6) is 0.738. The predicted octanol–water partition coefficient (Wildman–Crippen LogP) is 3.74. The predicted molar refractivity (Wildman–Crippen MR) is 73.9 cm³/mol. The molecule has 1 aromatic rings. The molecule has 0 saturated heterocycles. The number of benzene rings is 1. The van der Waals surface area contributed by atoms with Gasteiger partial charge in [-0.1, -0.05) is 28.9 Å². The molecule has 1 aromatic carbocycles. The molecular formula is C13H20BrNO. The van der Waals surface area contributed by atoms with Crippen LogP contribution in [0.2, 0.25) is 0 Å². The maximum absolute atomic E-state index is 9.99. The molecule has 2 nitrogen and oxygen atoms in total. The number of nitrogens with zero attached hydrogens (tertiary/aromatic N) is 1. The number of hydrogen-bond donors (Lipinski definition) is 1. The molecule has 0 aliphatic rings. The van der Waals surface area contributed by atoms with Gasteiger partial charge < -0.3 is 10.0 Å². The number of alkyl halides is 1. The first-order valence-electron chi connectivity index (χ1n) is 5.77. The van der Waals surface area contributed by atoms with E-state index >= 15 is 0 Å². The topological polar surface area (TPSA) is 23.5 Å². The number of phenolic OH excluding ortho intramolecular Hbond substituents is 1. The van der Waals surface area contributed by atoms with Crippen LogP contribution in [0.25, 0.3) is 0 Å². The minimum Gasteiger partial charge on any atom is -0.508 e. The Morgan fingerprint density at radius 2 is 1.94 bits per heavy atom. The Balaban J connectivity index is 2.98. The van der Waals surface area contributed by atoms with Crippen LogP contribution in [0.15, 0.2) is 18.2 Å². The molecule has 0 bridgehead atoms. The van der Waals surface area contributed by atoms with Gasteiger partial charge in [-0.15, -0.1) is 0 Å². The maximum Gasteiger partial charge on any atom is 0.121 e. The van der Waals surface area contributed by atoms with Crippen molar-refractivity contribution in [1.82, 2.24) is 0 Å². The van der Waals surface area contributed by atoms with E-state index in [1.165, 1.54) is 0 Å². The zero-order chi connectivity index (χ0) is 12.1. The van der Waals surface area contributed by atoms with Crippen LogP contribution in [0.3, 0.4) is 0 Å². The van der Waals surface area contributed by atoms with Crippen molar-refractivity contribution in [2.45, 2.75) is 26.7 Å². The highest BCUT2D eigenvalue weighted by Crippen LogP contribution is 2.30. The van der Waals surface area contributed by atoms with E-state index < -0.39 is 0 Å². The third-order valence-electron chi connectivity index (χ3n) is 2.90. The molecule has 0 fully saturated rings. The van der Waals surface area contributed by atoms with Crippen molar-refractivity contribution in [2.24, 2.45) is 0 Å². The summed E-state index contributed by atoms with van der Waals surface area (Å²) in [6.45, 7) is 8.26. The summed E-state index contributed by atoms with van der Waals surface area (Å²) in [6.07, 6.45) is 0. The number of anilines is 1. The van der Waals surface area contributed by atoms with Crippen molar-refractivity contribution in [1.29, 1.82) is 0 Å². The Labute approximate surface area is 106 Å². The van der Waals surface area contributed by atoms with Gasteiger partial charge in [0.1, 0.15) is 5.75 Å². The van der Waals surface area contributed by atoms with Gasteiger partial charge >= 0.3 is 0 Å². The molecule has 90 valence electrons. The highest BCUT2D eigenvalue weighted by molar-refractivity contribution is 9.09. The van der Waals surface area contributed by atoms with E-state index in [4.69, 9.17) is 0 Å². The Kier molecular flexibility index (Phi) is 5.13. The molecule has 1 atom stereocenters. The second-order valence-electron chi connectivity index (χ2n) is 3.97. The Bertz CT molecular complexity index is 337. The molecule has 3 heteroatoms. The third kappa shape index (κ3) is 2.91. The molecule has 1 unspecified atom stereocenters. The van der Waals surface area contributed by atoms with Crippen molar-refractivity contribution >= 4 is 21.6 Å². The summed E-state index contributed by atoms with van der Waals surface area (Å²) < 4.78 is 0. The van der Waals surface area contributed by atoms with Crippen molar-refractivity contribution in [2.75, 3.05) is 23.3 Å². The average Bonchev–Trinajstić information content (AvgIpc) is 2.30. The molecule has 0 aromatic heterocycles. The Morgan fingerprint density at radius 1 is 1.31 bits per heavy atom. The normalized spacial score (nSPS) is 12.5. The second-order valence-corrected chi connectivity index (χ2v) is 4.62. The number of rotatable bonds is 5. The van der Waals surface area contributed by atoms with Gasteiger partial charge in [0.05, 0.1) is 0 Å².